The quantitative estimate of drug-likeness (QED) is 0.897. The van der Waals surface area contributed by atoms with Crippen molar-refractivity contribution in [3.05, 3.63) is 58.6 Å². The van der Waals surface area contributed by atoms with E-state index in [9.17, 15) is 13.6 Å². The molecule has 3 nitrogen and oxygen atoms in total. The second-order valence-corrected chi connectivity index (χ2v) is 4.87. The average molecular weight is 311 g/mol. The zero-order chi connectivity index (χ0) is 15.4. The third-order valence-corrected chi connectivity index (χ3v) is 3.17. The van der Waals surface area contributed by atoms with Gasteiger partial charge in [-0.2, -0.15) is 0 Å². The molecule has 0 aliphatic heterocycles. The predicted molar refractivity (Wildman–Crippen MR) is 79.7 cm³/mol. The van der Waals surface area contributed by atoms with Gasteiger partial charge in [-0.15, -0.1) is 0 Å². The van der Waals surface area contributed by atoms with E-state index in [2.05, 4.69) is 10.6 Å². The topological polar surface area (TPSA) is 41.1 Å². The van der Waals surface area contributed by atoms with E-state index in [0.29, 0.717) is 10.7 Å². The molecule has 0 aromatic heterocycles. The van der Waals surface area contributed by atoms with Crippen molar-refractivity contribution in [2.24, 2.45) is 0 Å². The van der Waals surface area contributed by atoms with Gasteiger partial charge in [-0.3, -0.25) is 4.79 Å². The van der Waals surface area contributed by atoms with E-state index in [0.717, 1.165) is 12.1 Å². The van der Waals surface area contributed by atoms with Gasteiger partial charge in [0.15, 0.2) is 0 Å². The number of carbonyl (C=O) groups is 1. The Morgan fingerprint density at radius 3 is 2.57 bits per heavy atom. The van der Waals surface area contributed by atoms with Crippen LogP contribution in [0.4, 0.5) is 20.2 Å². The molecule has 6 heteroatoms. The van der Waals surface area contributed by atoms with Crippen molar-refractivity contribution in [1.29, 1.82) is 0 Å². The summed E-state index contributed by atoms with van der Waals surface area (Å²) >= 11 is 5.90. The third kappa shape index (κ3) is 3.92. The Hall–Kier alpha value is -2.14. The molecule has 2 aromatic rings. The number of rotatable bonds is 4. The van der Waals surface area contributed by atoms with Crippen LogP contribution in [-0.4, -0.2) is 12.5 Å². The third-order valence-electron chi connectivity index (χ3n) is 2.84. The van der Waals surface area contributed by atoms with Gasteiger partial charge in [0.1, 0.15) is 11.6 Å². The zero-order valence-corrected chi connectivity index (χ0v) is 12.0. The van der Waals surface area contributed by atoms with Crippen LogP contribution in [0.3, 0.4) is 0 Å². The average Bonchev–Trinajstić information content (AvgIpc) is 2.44. The molecule has 0 radical (unpaired) electrons. The van der Waals surface area contributed by atoms with Crippen LogP contribution in [0, 0.1) is 18.6 Å². The van der Waals surface area contributed by atoms with E-state index < -0.39 is 17.5 Å². The van der Waals surface area contributed by atoms with Gasteiger partial charge in [0, 0.05) is 6.07 Å². The number of amides is 1. The fourth-order valence-electron chi connectivity index (χ4n) is 1.71. The highest BCUT2D eigenvalue weighted by Crippen LogP contribution is 2.21. The van der Waals surface area contributed by atoms with Gasteiger partial charge >= 0.3 is 0 Å². The van der Waals surface area contributed by atoms with Crippen molar-refractivity contribution >= 4 is 28.9 Å². The zero-order valence-electron chi connectivity index (χ0n) is 11.2. The number of para-hydroxylation sites is 1. The molecule has 2 N–H and O–H groups in total. The molecule has 2 aromatic carbocycles. The Morgan fingerprint density at radius 2 is 1.86 bits per heavy atom. The Labute approximate surface area is 125 Å². The van der Waals surface area contributed by atoms with Crippen LogP contribution in [0.15, 0.2) is 36.4 Å². The first kappa shape index (κ1) is 15.3. The van der Waals surface area contributed by atoms with Crippen LogP contribution in [-0.2, 0) is 4.79 Å². The molecule has 0 saturated carbocycles. The van der Waals surface area contributed by atoms with Crippen LogP contribution < -0.4 is 10.6 Å². The largest absolute Gasteiger partial charge is 0.374 e. The first-order valence-electron chi connectivity index (χ1n) is 6.21. The van der Waals surface area contributed by atoms with E-state index in [1.165, 1.54) is 6.92 Å². The molecular formula is C15H13ClF2N2O. The Morgan fingerprint density at radius 1 is 1.14 bits per heavy atom. The van der Waals surface area contributed by atoms with Crippen LogP contribution in [0.2, 0.25) is 5.02 Å². The second kappa shape index (κ2) is 6.54. The molecular weight excluding hydrogens is 298 g/mol. The van der Waals surface area contributed by atoms with E-state index in [1.54, 1.807) is 24.3 Å². The lowest BCUT2D eigenvalue weighted by Crippen LogP contribution is -2.22. The molecule has 21 heavy (non-hydrogen) atoms. The molecule has 0 fully saturated rings. The maximum Gasteiger partial charge on any atom is 0.243 e. The molecule has 2 rings (SSSR count). The monoisotopic (exact) mass is 310 g/mol. The summed E-state index contributed by atoms with van der Waals surface area (Å²) < 4.78 is 26.9. The number of hydrogen-bond acceptors (Lipinski definition) is 2. The second-order valence-electron chi connectivity index (χ2n) is 4.46. The van der Waals surface area contributed by atoms with Gasteiger partial charge in [-0.05, 0) is 30.7 Å². The predicted octanol–water partition coefficient (Wildman–Crippen LogP) is 3.98. The van der Waals surface area contributed by atoms with Crippen molar-refractivity contribution in [1.82, 2.24) is 0 Å². The summed E-state index contributed by atoms with van der Waals surface area (Å²) in [6.07, 6.45) is 0. The van der Waals surface area contributed by atoms with E-state index in [4.69, 9.17) is 11.6 Å². The highest BCUT2D eigenvalue weighted by atomic mass is 35.5. The smallest absolute Gasteiger partial charge is 0.243 e. The Kier molecular flexibility index (Phi) is 4.75. The van der Waals surface area contributed by atoms with Gasteiger partial charge in [0.25, 0.3) is 0 Å². The lowest BCUT2D eigenvalue weighted by molar-refractivity contribution is -0.114. The number of hydrogen-bond donors (Lipinski definition) is 2. The Balaban J connectivity index is 1.99. The van der Waals surface area contributed by atoms with Crippen molar-refractivity contribution < 1.29 is 13.6 Å². The first-order chi connectivity index (χ1) is 9.97. The van der Waals surface area contributed by atoms with E-state index >= 15 is 0 Å². The summed E-state index contributed by atoms with van der Waals surface area (Å²) in [6, 6.07) is 8.84. The van der Waals surface area contributed by atoms with Gasteiger partial charge in [0.05, 0.1) is 22.9 Å². The fraction of sp³-hybridized carbons (Fsp3) is 0.133. The summed E-state index contributed by atoms with van der Waals surface area (Å²) in [6.45, 7) is 1.26. The van der Waals surface area contributed by atoms with Crippen LogP contribution in [0.5, 0.6) is 0 Å². The summed E-state index contributed by atoms with van der Waals surface area (Å²) in [5, 5.41) is 5.53. The minimum atomic E-state index is -0.612. The van der Waals surface area contributed by atoms with Crippen molar-refractivity contribution in [2.75, 3.05) is 17.2 Å². The molecule has 1 amide bonds. The summed E-state index contributed by atoms with van der Waals surface area (Å²) in [4.78, 5) is 11.8. The fourth-order valence-corrected chi connectivity index (χ4v) is 1.90. The van der Waals surface area contributed by atoms with Crippen LogP contribution in [0.1, 0.15) is 5.56 Å². The van der Waals surface area contributed by atoms with E-state index in [1.807, 2.05) is 0 Å². The van der Waals surface area contributed by atoms with Gasteiger partial charge < -0.3 is 10.6 Å². The number of carbonyl (C=O) groups excluding carboxylic acids is 1. The maximum absolute atomic E-state index is 13.6. The summed E-state index contributed by atoms with van der Waals surface area (Å²) in [5.41, 5.74) is 0.604. The summed E-state index contributed by atoms with van der Waals surface area (Å²) in [7, 11) is 0. The van der Waals surface area contributed by atoms with Crippen molar-refractivity contribution in [3.63, 3.8) is 0 Å². The molecule has 0 heterocycles. The minimum Gasteiger partial charge on any atom is -0.374 e. The lowest BCUT2D eigenvalue weighted by atomic mass is 10.2. The van der Waals surface area contributed by atoms with Crippen LogP contribution >= 0.6 is 11.6 Å². The molecule has 0 unspecified atom stereocenters. The standard InChI is InChI=1S/C15H13ClF2N2O/c1-9-6-12(18)14(7-11(9)17)19-8-15(21)20-13-5-3-2-4-10(13)16/h2-7,19H,8H2,1H3,(H,20,21). The maximum atomic E-state index is 13.6. The number of aryl methyl sites for hydroxylation is 1. The van der Waals surface area contributed by atoms with Crippen molar-refractivity contribution in [3.8, 4) is 0 Å². The number of nitrogens with one attached hydrogen (secondary N) is 2. The number of anilines is 2. The normalized spacial score (nSPS) is 10.3. The van der Waals surface area contributed by atoms with Gasteiger partial charge in [-0.25, -0.2) is 8.78 Å². The highest BCUT2D eigenvalue weighted by molar-refractivity contribution is 6.33. The molecule has 0 saturated heterocycles. The molecule has 0 aliphatic carbocycles. The van der Waals surface area contributed by atoms with Crippen LogP contribution in [0.25, 0.3) is 0 Å². The van der Waals surface area contributed by atoms with Crippen molar-refractivity contribution in [2.45, 2.75) is 6.92 Å². The Bertz CT molecular complexity index is 677. The minimum absolute atomic E-state index is 0.0626. The first-order valence-corrected chi connectivity index (χ1v) is 6.59. The highest BCUT2D eigenvalue weighted by Gasteiger charge is 2.09. The SMILES string of the molecule is Cc1cc(F)c(NCC(=O)Nc2ccccc2Cl)cc1F. The summed E-state index contributed by atoms with van der Waals surface area (Å²) in [5.74, 6) is -1.56. The molecule has 110 valence electrons. The molecule has 0 atom stereocenters. The molecule has 0 spiro atoms. The lowest BCUT2D eigenvalue weighted by Gasteiger charge is -2.10. The number of benzene rings is 2. The molecule has 0 bridgehead atoms. The van der Waals surface area contributed by atoms with Gasteiger partial charge in [0.2, 0.25) is 5.91 Å². The molecule has 0 aliphatic rings. The number of halogens is 3. The van der Waals surface area contributed by atoms with E-state index in [-0.39, 0.29) is 17.8 Å². The van der Waals surface area contributed by atoms with Gasteiger partial charge in [-0.1, -0.05) is 23.7 Å².